The summed E-state index contributed by atoms with van der Waals surface area (Å²) in [6.07, 6.45) is 0. The van der Waals surface area contributed by atoms with Gasteiger partial charge in [0, 0.05) is 28.2 Å². The van der Waals surface area contributed by atoms with Crippen LogP contribution in [0.1, 0.15) is 0 Å². The molecule has 0 saturated carbocycles. The van der Waals surface area contributed by atoms with E-state index < -0.39 is 4.92 Å². The minimum Gasteiger partial charge on any atom is -0.457 e. The molecule has 0 aromatic heterocycles. The second-order valence-electron chi connectivity index (χ2n) is 8.21. The third kappa shape index (κ3) is 5.44. The van der Waals surface area contributed by atoms with Gasteiger partial charge >= 0.3 is 0 Å². The molecule has 0 heterocycles. The van der Waals surface area contributed by atoms with Crippen LogP contribution in [0.3, 0.4) is 0 Å². The van der Waals surface area contributed by atoms with Gasteiger partial charge in [0.2, 0.25) is 0 Å². The van der Waals surface area contributed by atoms with Gasteiger partial charge < -0.3 is 16.2 Å². The second kappa shape index (κ2) is 10.5. The van der Waals surface area contributed by atoms with Crippen LogP contribution in [-0.2, 0) is 0 Å². The van der Waals surface area contributed by atoms with Gasteiger partial charge in [0.05, 0.1) is 22.0 Å². The van der Waals surface area contributed by atoms with Gasteiger partial charge in [-0.1, -0.05) is 24.3 Å². The monoisotopic (exact) mass is 503 g/mol. The van der Waals surface area contributed by atoms with Crippen molar-refractivity contribution in [3.05, 3.63) is 113 Å². The maximum Gasteiger partial charge on any atom is 0.298 e. The summed E-state index contributed by atoms with van der Waals surface area (Å²) in [5, 5.41) is 29.9. The quantitative estimate of drug-likeness (QED) is 0.0985. The van der Waals surface area contributed by atoms with Crippen molar-refractivity contribution in [2.24, 2.45) is 20.5 Å². The van der Waals surface area contributed by atoms with E-state index in [2.05, 4.69) is 20.5 Å². The molecular formula is C28H21N7O3. The number of azo groups is 2. The Morgan fingerprint density at radius 2 is 1.18 bits per heavy atom. The molecule has 0 aliphatic rings. The number of nitrogens with two attached hydrogens (primary N) is 2. The van der Waals surface area contributed by atoms with Crippen LogP contribution in [0.4, 0.5) is 39.8 Å². The predicted molar refractivity (Wildman–Crippen MR) is 147 cm³/mol. The van der Waals surface area contributed by atoms with Gasteiger partial charge in [-0.2, -0.15) is 10.2 Å². The number of nitro groups is 1. The van der Waals surface area contributed by atoms with Gasteiger partial charge in [0.1, 0.15) is 11.5 Å². The largest absolute Gasteiger partial charge is 0.457 e. The lowest BCUT2D eigenvalue weighted by Crippen LogP contribution is -1.91. The molecule has 0 saturated heterocycles. The van der Waals surface area contributed by atoms with Gasteiger partial charge in [-0.25, -0.2) is 0 Å². The zero-order valence-corrected chi connectivity index (χ0v) is 19.9. The third-order valence-corrected chi connectivity index (χ3v) is 5.59. The molecule has 0 aliphatic heterocycles. The highest BCUT2D eigenvalue weighted by Crippen LogP contribution is 2.33. The summed E-state index contributed by atoms with van der Waals surface area (Å²) >= 11 is 0. The second-order valence-corrected chi connectivity index (χ2v) is 8.21. The van der Waals surface area contributed by atoms with Crippen molar-refractivity contribution in [2.75, 3.05) is 11.5 Å². The van der Waals surface area contributed by atoms with Crippen LogP contribution in [0, 0.1) is 10.1 Å². The zero-order valence-electron chi connectivity index (χ0n) is 19.9. The van der Waals surface area contributed by atoms with Crippen molar-refractivity contribution in [1.82, 2.24) is 0 Å². The fourth-order valence-corrected chi connectivity index (χ4v) is 3.69. The lowest BCUT2D eigenvalue weighted by molar-refractivity contribution is -0.384. The normalized spacial score (nSPS) is 11.4. The molecule has 10 heteroatoms. The topological polar surface area (TPSA) is 154 Å². The van der Waals surface area contributed by atoms with E-state index >= 15 is 0 Å². The Bertz CT molecular complexity index is 1680. The Balaban J connectivity index is 1.24. The highest BCUT2D eigenvalue weighted by molar-refractivity contribution is 5.99. The molecule has 4 N–H and O–H groups in total. The number of nitro benzene ring substituents is 1. The van der Waals surface area contributed by atoms with Crippen molar-refractivity contribution < 1.29 is 9.66 Å². The summed E-state index contributed by atoms with van der Waals surface area (Å²) in [6.45, 7) is 0. The molecular weight excluding hydrogens is 482 g/mol. The van der Waals surface area contributed by atoms with Crippen molar-refractivity contribution in [1.29, 1.82) is 0 Å². The maximum absolute atomic E-state index is 11.2. The Hall–Kier alpha value is -5.64. The molecule has 186 valence electrons. The van der Waals surface area contributed by atoms with Crippen LogP contribution in [-0.4, -0.2) is 4.92 Å². The van der Waals surface area contributed by atoms with Gasteiger partial charge in [0.15, 0.2) is 5.69 Å². The molecule has 5 rings (SSSR count). The number of nitrogens with zero attached hydrogens (tertiary/aromatic N) is 5. The number of fused-ring (bicyclic) bond motifs is 1. The van der Waals surface area contributed by atoms with Gasteiger partial charge in [-0.05, 0) is 72.8 Å². The zero-order chi connectivity index (χ0) is 26.5. The van der Waals surface area contributed by atoms with E-state index in [-0.39, 0.29) is 17.1 Å². The van der Waals surface area contributed by atoms with Crippen LogP contribution in [0.2, 0.25) is 0 Å². The standard InChI is InChI=1S/C28H21N7O3/c29-18-5-15-27(28(17-18)35(36)37)34-32-20-8-12-22(13-9-20)38-21-10-6-19(7-11-21)31-33-26-16-14-25(30)23-3-1-2-4-24(23)26/h1-17H,29-30H2. The average molecular weight is 504 g/mol. The van der Waals surface area contributed by atoms with E-state index in [0.29, 0.717) is 28.6 Å². The Labute approximate surface area is 217 Å². The van der Waals surface area contributed by atoms with Crippen LogP contribution >= 0.6 is 0 Å². The van der Waals surface area contributed by atoms with E-state index in [1.54, 1.807) is 48.5 Å². The summed E-state index contributed by atoms with van der Waals surface area (Å²) in [4.78, 5) is 10.7. The Morgan fingerprint density at radius 3 is 1.79 bits per heavy atom. The number of hydrogen-bond acceptors (Lipinski definition) is 9. The summed E-state index contributed by atoms with van der Waals surface area (Å²) in [5.74, 6) is 1.21. The number of rotatable bonds is 7. The van der Waals surface area contributed by atoms with E-state index in [9.17, 15) is 10.1 Å². The fraction of sp³-hybridized carbons (Fsp3) is 0. The molecule has 5 aromatic carbocycles. The van der Waals surface area contributed by atoms with Gasteiger partial charge in [0.25, 0.3) is 5.69 Å². The molecule has 38 heavy (non-hydrogen) atoms. The van der Waals surface area contributed by atoms with Crippen molar-refractivity contribution >= 4 is 50.6 Å². The highest BCUT2D eigenvalue weighted by atomic mass is 16.6. The van der Waals surface area contributed by atoms with E-state index in [1.807, 2.05) is 36.4 Å². The number of ether oxygens (including phenoxy) is 1. The molecule has 0 spiro atoms. The maximum atomic E-state index is 11.2. The SMILES string of the molecule is Nc1ccc(N=Nc2ccc(Oc3ccc(N=Nc4ccc(N)c5ccccc45)cc3)cc2)c([N+](=O)[O-])c1. The van der Waals surface area contributed by atoms with Crippen LogP contribution in [0.15, 0.2) is 124 Å². The lowest BCUT2D eigenvalue weighted by atomic mass is 10.1. The van der Waals surface area contributed by atoms with Crippen molar-refractivity contribution in [3.63, 3.8) is 0 Å². The molecule has 0 atom stereocenters. The molecule has 0 aliphatic carbocycles. The molecule has 0 fully saturated rings. The van der Waals surface area contributed by atoms with Crippen molar-refractivity contribution in [3.8, 4) is 11.5 Å². The van der Waals surface area contributed by atoms with Gasteiger partial charge in [-0.15, -0.1) is 10.2 Å². The fourth-order valence-electron chi connectivity index (χ4n) is 3.69. The van der Waals surface area contributed by atoms with E-state index in [0.717, 1.165) is 16.5 Å². The minimum atomic E-state index is -0.547. The van der Waals surface area contributed by atoms with Crippen LogP contribution < -0.4 is 16.2 Å². The van der Waals surface area contributed by atoms with Crippen LogP contribution in [0.5, 0.6) is 11.5 Å². The minimum absolute atomic E-state index is 0.117. The lowest BCUT2D eigenvalue weighted by Gasteiger charge is -2.06. The summed E-state index contributed by atoms with van der Waals surface area (Å²) in [6, 6.07) is 29.7. The molecule has 0 bridgehead atoms. The first-order valence-electron chi connectivity index (χ1n) is 11.5. The number of nitrogen functional groups attached to an aromatic ring is 2. The number of hydrogen-bond donors (Lipinski definition) is 2. The van der Waals surface area contributed by atoms with E-state index in [1.165, 1.54) is 18.2 Å². The summed E-state index contributed by atoms with van der Waals surface area (Å²) in [7, 11) is 0. The smallest absolute Gasteiger partial charge is 0.298 e. The summed E-state index contributed by atoms with van der Waals surface area (Å²) < 4.78 is 5.89. The highest BCUT2D eigenvalue weighted by Gasteiger charge is 2.13. The van der Waals surface area contributed by atoms with E-state index in [4.69, 9.17) is 16.2 Å². The predicted octanol–water partition coefficient (Wildman–Crippen LogP) is 8.54. The number of benzene rings is 5. The molecule has 0 radical (unpaired) electrons. The Kier molecular flexibility index (Phi) is 6.68. The van der Waals surface area contributed by atoms with Gasteiger partial charge in [-0.3, -0.25) is 10.1 Å². The number of anilines is 2. The molecule has 0 unspecified atom stereocenters. The Morgan fingerprint density at radius 1 is 0.632 bits per heavy atom. The molecule has 10 nitrogen and oxygen atoms in total. The first-order chi connectivity index (χ1) is 18.5. The van der Waals surface area contributed by atoms with Crippen molar-refractivity contribution in [2.45, 2.75) is 0 Å². The first-order valence-corrected chi connectivity index (χ1v) is 11.5. The summed E-state index contributed by atoms with van der Waals surface area (Å²) in [5.41, 5.74) is 14.5. The third-order valence-electron chi connectivity index (χ3n) is 5.59. The molecule has 0 amide bonds. The first kappa shape index (κ1) is 24.1. The van der Waals surface area contributed by atoms with Crippen LogP contribution in [0.25, 0.3) is 10.8 Å². The molecule has 5 aromatic rings. The average Bonchev–Trinajstić information content (AvgIpc) is 2.94.